The number of nitrogens with zero attached hydrogens (tertiary/aromatic N) is 2. The van der Waals surface area contributed by atoms with Crippen LogP contribution in [0.3, 0.4) is 0 Å². The van der Waals surface area contributed by atoms with E-state index < -0.39 is 0 Å². The summed E-state index contributed by atoms with van der Waals surface area (Å²) in [6.45, 7) is 2.09. The van der Waals surface area contributed by atoms with Crippen molar-refractivity contribution in [2.24, 2.45) is 0 Å². The summed E-state index contributed by atoms with van der Waals surface area (Å²) in [5, 5.41) is 0.861. The zero-order chi connectivity index (χ0) is 7.40. The van der Waals surface area contributed by atoms with Crippen LogP contribution in [0.15, 0.2) is 17.4 Å². The number of rotatable bonds is 2. The Bertz CT molecular complexity index is 193. The monoisotopic (exact) mass is 154 g/mol. The Hall–Kier alpha value is -0.570. The van der Waals surface area contributed by atoms with Crippen molar-refractivity contribution in [3.05, 3.63) is 18.0 Å². The molecule has 1 heterocycles. The molecule has 0 N–H and O–H groups in total. The first-order valence-electron chi connectivity index (χ1n) is 3.22. The lowest BCUT2D eigenvalue weighted by Crippen LogP contribution is -1.90. The highest BCUT2D eigenvalue weighted by molar-refractivity contribution is 7.98. The van der Waals surface area contributed by atoms with E-state index in [-0.39, 0.29) is 0 Å². The number of thioether (sulfide) groups is 1. The first-order valence-corrected chi connectivity index (χ1v) is 4.45. The fourth-order valence-corrected chi connectivity index (χ4v) is 1.05. The van der Waals surface area contributed by atoms with Gasteiger partial charge in [0.05, 0.1) is 0 Å². The highest BCUT2D eigenvalue weighted by Crippen LogP contribution is 2.07. The van der Waals surface area contributed by atoms with E-state index in [0.717, 1.165) is 17.3 Å². The zero-order valence-corrected chi connectivity index (χ0v) is 6.98. The van der Waals surface area contributed by atoms with E-state index in [1.54, 1.807) is 18.0 Å². The highest BCUT2D eigenvalue weighted by atomic mass is 32.2. The van der Waals surface area contributed by atoms with Gasteiger partial charge in [0, 0.05) is 11.9 Å². The Labute approximate surface area is 65.1 Å². The maximum Gasteiger partial charge on any atom is 0.187 e. The zero-order valence-electron chi connectivity index (χ0n) is 6.16. The first-order chi connectivity index (χ1) is 4.86. The van der Waals surface area contributed by atoms with Crippen LogP contribution in [0.5, 0.6) is 0 Å². The third-order valence-electron chi connectivity index (χ3n) is 1.24. The van der Waals surface area contributed by atoms with Gasteiger partial charge in [-0.05, 0) is 18.7 Å². The molecule has 54 valence electrons. The maximum absolute atomic E-state index is 4.26. The molecule has 0 unspecified atom stereocenters. The summed E-state index contributed by atoms with van der Waals surface area (Å²) in [5.74, 6) is 0. The van der Waals surface area contributed by atoms with Crippen molar-refractivity contribution in [3.63, 3.8) is 0 Å². The number of aromatic nitrogens is 2. The summed E-state index contributed by atoms with van der Waals surface area (Å²) in [6.07, 6.45) is 4.77. The molecule has 2 nitrogen and oxygen atoms in total. The first kappa shape index (κ1) is 7.54. The molecule has 0 aliphatic carbocycles. The molecular formula is C7H10N2S. The topological polar surface area (TPSA) is 25.8 Å². The lowest BCUT2D eigenvalue weighted by atomic mass is 10.3. The molecule has 1 aromatic heterocycles. The predicted octanol–water partition coefficient (Wildman–Crippen LogP) is 1.76. The van der Waals surface area contributed by atoms with E-state index in [1.807, 2.05) is 12.3 Å². The molecule has 0 aliphatic heterocycles. The molecule has 1 aromatic rings. The summed E-state index contributed by atoms with van der Waals surface area (Å²) in [7, 11) is 0. The van der Waals surface area contributed by atoms with Gasteiger partial charge in [-0.3, -0.25) is 0 Å². The Morgan fingerprint density at radius 1 is 1.60 bits per heavy atom. The molecule has 0 aliphatic rings. The number of hydrogen-bond donors (Lipinski definition) is 0. The minimum Gasteiger partial charge on any atom is -0.231 e. The van der Waals surface area contributed by atoms with Crippen LogP contribution >= 0.6 is 11.8 Å². The van der Waals surface area contributed by atoms with Gasteiger partial charge < -0.3 is 0 Å². The van der Waals surface area contributed by atoms with E-state index >= 15 is 0 Å². The molecule has 1 rings (SSSR count). The normalized spacial score (nSPS) is 9.80. The van der Waals surface area contributed by atoms with Gasteiger partial charge in [0.25, 0.3) is 0 Å². The van der Waals surface area contributed by atoms with Crippen LogP contribution in [0.2, 0.25) is 0 Å². The summed E-state index contributed by atoms with van der Waals surface area (Å²) >= 11 is 1.58. The summed E-state index contributed by atoms with van der Waals surface area (Å²) in [6, 6.07) is 1.94. The second-order valence-corrected chi connectivity index (χ2v) is 2.66. The van der Waals surface area contributed by atoms with E-state index in [0.29, 0.717) is 0 Å². The number of hydrogen-bond acceptors (Lipinski definition) is 3. The van der Waals surface area contributed by atoms with E-state index in [2.05, 4.69) is 16.9 Å². The third kappa shape index (κ3) is 1.70. The van der Waals surface area contributed by atoms with Crippen molar-refractivity contribution in [1.29, 1.82) is 0 Å². The third-order valence-corrected chi connectivity index (χ3v) is 1.80. The van der Waals surface area contributed by atoms with Gasteiger partial charge in [-0.1, -0.05) is 18.7 Å². The molecule has 0 fully saturated rings. The smallest absolute Gasteiger partial charge is 0.187 e. The molecular weight excluding hydrogens is 144 g/mol. The summed E-state index contributed by atoms with van der Waals surface area (Å²) in [4.78, 5) is 8.32. The molecule has 0 bridgehead atoms. The largest absolute Gasteiger partial charge is 0.231 e. The van der Waals surface area contributed by atoms with Crippen LogP contribution in [0.25, 0.3) is 0 Å². The van der Waals surface area contributed by atoms with Crippen LogP contribution < -0.4 is 0 Å². The molecule has 0 saturated carbocycles. The number of aryl methyl sites for hydroxylation is 1. The fourth-order valence-electron chi connectivity index (χ4n) is 0.671. The average molecular weight is 154 g/mol. The van der Waals surface area contributed by atoms with E-state index in [1.165, 1.54) is 0 Å². The molecule has 0 spiro atoms. The second kappa shape index (κ2) is 3.56. The van der Waals surface area contributed by atoms with Crippen molar-refractivity contribution in [2.45, 2.75) is 18.5 Å². The van der Waals surface area contributed by atoms with Gasteiger partial charge in [-0.15, -0.1) is 0 Å². The Morgan fingerprint density at radius 2 is 2.40 bits per heavy atom. The fraction of sp³-hybridized carbons (Fsp3) is 0.429. The van der Waals surface area contributed by atoms with Gasteiger partial charge >= 0.3 is 0 Å². The molecule has 0 amide bonds. The Morgan fingerprint density at radius 3 is 3.00 bits per heavy atom. The van der Waals surface area contributed by atoms with Gasteiger partial charge in [0.2, 0.25) is 0 Å². The minimum absolute atomic E-state index is 0.861. The molecule has 0 aromatic carbocycles. The van der Waals surface area contributed by atoms with Gasteiger partial charge in [-0.2, -0.15) is 0 Å². The second-order valence-electron chi connectivity index (χ2n) is 1.89. The Balaban J connectivity index is 2.87. The van der Waals surface area contributed by atoms with Crippen LogP contribution in [0.4, 0.5) is 0 Å². The standard InChI is InChI=1S/C7H10N2S/c1-3-6-4-5-8-7(9-6)10-2/h4-5H,3H2,1-2H3. The average Bonchev–Trinajstić information content (AvgIpc) is 2.05. The molecule has 10 heavy (non-hydrogen) atoms. The minimum atomic E-state index is 0.861. The molecule has 3 heteroatoms. The van der Waals surface area contributed by atoms with Crippen molar-refractivity contribution in [3.8, 4) is 0 Å². The predicted molar refractivity (Wildman–Crippen MR) is 43.2 cm³/mol. The summed E-state index contributed by atoms with van der Waals surface area (Å²) in [5.41, 5.74) is 1.11. The SMILES string of the molecule is CCc1ccnc(SC)n1. The van der Waals surface area contributed by atoms with Crippen molar-refractivity contribution >= 4 is 11.8 Å². The highest BCUT2D eigenvalue weighted by Gasteiger charge is 1.93. The maximum atomic E-state index is 4.26. The van der Waals surface area contributed by atoms with Crippen molar-refractivity contribution < 1.29 is 0 Å². The van der Waals surface area contributed by atoms with Crippen LogP contribution in [-0.4, -0.2) is 16.2 Å². The van der Waals surface area contributed by atoms with Gasteiger partial charge in [0.1, 0.15) is 0 Å². The molecule has 0 saturated heterocycles. The van der Waals surface area contributed by atoms with E-state index in [9.17, 15) is 0 Å². The van der Waals surface area contributed by atoms with Crippen molar-refractivity contribution in [2.75, 3.05) is 6.26 Å². The van der Waals surface area contributed by atoms with Crippen LogP contribution in [0.1, 0.15) is 12.6 Å². The quantitative estimate of drug-likeness (QED) is 0.479. The van der Waals surface area contributed by atoms with Crippen molar-refractivity contribution in [1.82, 2.24) is 9.97 Å². The lowest BCUT2D eigenvalue weighted by Gasteiger charge is -1.96. The van der Waals surface area contributed by atoms with Crippen LogP contribution in [-0.2, 0) is 6.42 Å². The Kier molecular flexibility index (Phi) is 2.68. The summed E-state index contributed by atoms with van der Waals surface area (Å²) < 4.78 is 0. The molecule has 0 radical (unpaired) electrons. The van der Waals surface area contributed by atoms with E-state index in [4.69, 9.17) is 0 Å². The lowest BCUT2D eigenvalue weighted by molar-refractivity contribution is 0.891. The van der Waals surface area contributed by atoms with Gasteiger partial charge in [-0.25, -0.2) is 9.97 Å². The van der Waals surface area contributed by atoms with Crippen LogP contribution in [0, 0.1) is 0 Å². The van der Waals surface area contributed by atoms with Gasteiger partial charge in [0.15, 0.2) is 5.16 Å². The molecule has 0 atom stereocenters.